The van der Waals surface area contributed by atoms with E-state index in [9.17, 15) is 9.59 Å². The fourth-order valence-electron chi connectivity index (χ4n) is 1.41. The number of hydrogen-bond acceptors (Lipinski definition) is 4. The number of hydrogen-bond donors (Lipinski definition) is 2. The number of carbonyl (C=O) groups excluding carboxylic acids is 2. The molecule has 1 heterocycles. The monoisotopic (exact) mass is 253 g/mol. The van der Waals surface area contributed by atoms with Crippen LogP contribution in [0.3, 0.4) is 0 Å². The first-order valence-corrected chi connectivity index (χ1v) is 6.32. The standard InChI is InChI=1S/C11H15N3O2S/c1-14(2)13-10(16)8-5-6-17-11(8)12-9(15)7-3-4-7/h5-7H,3-4H2,1-2H3,(H,12,15)(H,13,16). The third-order valence-electron chi connectivity index (χ3n) is 2.42. The zero-order valence-corrected chi connectivity index (χ0v) is 10.6. The molecule has 2 N–H and O–H groups in total. The molecule has 1 saturated carbocycles. The zero-order chi connectivity index (χ0) is 12.4. The molecule has 6 heteroatoms. The smallest absolute Gasteiger partial charge is 0.268 e. The average Bonchev–Trinajstić information content (AvgIpc) is 2.99. The van der Waals surface area contributed by atoms with Gasteiger partial charge < -0.3 is 5.32 Å². The minimum Gasteiger partial charge on any atom is -0.317 e. The van der Waals surface area contributed by atoms with Crippen LogP contribution in [0.25, 0.3) is 0 Å². The topological polar surface area (TPSA) is 61.4 Å². The maximum absolute atomic E-state index is 11.8. The van der Waals surface area contributed by atoms with Gasteiger partial charge >= 0.3 is 0 Å². The summed E-state index contributed by atoms with van der Waals surface area (Å²) in [6.07, 6.45) is 1.91. The van der Waals surface area contributed by atoms with E-state index in [0.717, 1.165) is 12.8 Å². The van der Waals surface area contributed by atoms with Crippen molar-refractivity contribution in [3.63, 3.8) is 0 Å². The normalized spacial score (nSPS) is 14.8. The molecule has 0 radical (unpaired) electrons. The van der Waals surface area contributed by atoms with Crippen LogP contribution in [0.5, 0.6) is 0 Å². The van der Waals surface area contributed by atoms with Gasteiger partial charge in [0.25, 0.3) is 5.91 Å². The molecule has 1 fully saturated rings. The highest BCUT2D eigenvalue weighted by atomic mass is 32.1. The number of nitrogens with one attached hydrogen (secondary N) is 2. The van der Waals surface area contributed by atoms with Crippen LogP contribution in [0.4, 0.5) is 5.00 Å². The summed E-state index contributed by atoms with van der Waals surface area (Å²) >= 11 is 1.37. The SMILES string of the molecule is CN(C)NC(=O)c1ccsc1NC(=O)C1CC1. The first-order valence-electron chi connectivity index (χ1n) is 5.44. The third kappa shape index (κ3) is 3.04. The molecule has 0 aromatic carbocycles. The van der Waals surface area contributed by atoms with Crippen LogP contribution in [0, 0.1) is 5.92 Å². The highest BCUT2D eigenvalue weighted by Crippen LogP contribution is 2.32. The van der Waals surface area contributed by atoms with Crippen molar-refractivity contribution >= 4 is 28.2 Å². The molecule has 0 bridgehead atoms. The molecule has 92 valence electrons. The Bertz CT molecular complexity index is 438. The first kappa shape index (κ1) is 12.1. The molecule has 0 aliphatic heterocycles. The Labute approximate surface area is 104 Å². The van der Waals surface area contributed by atoms with E-state index in [0.29, 0.717) is 10.6 Å². The molecule has 2 amide bonds. The summed E-state index contributed by atoms with van der Waals surface area (Å²) in [5, 5.41) is 6.81. The molecule has 0 spiro atoms. The average molecular weight is 253 g/mol. The Morgan fingerprint density at radius 2 is 2.12 bits per heavy atom. The van der Waals surface area contributed by atoms with Gasteiger partial charge in [0, 0.05) is 20.0 Å². The fraction of sp³-hybridized carbons (Fsp3) is 0.455. The van der Waals surface area contributed by atoms with Gasteiger partial charge in [0.15, 0.2) is 0 Å². The summed E-state index contributed by atoms with van der Waals surface area (Å²) in [5.41, 5.74) is 3.17. The van der Waals surface area contributed by atoms with E-state index in [4.69, 9.17) is 0 Å². The van der Waals surface area contributed by atoms with Crippen LogP contribution < -0.4 is 10.7 Å². The van der Waals surface area contributed by atoms with Crippen molar-refractivity contribution in [1.82, 2.24) is 10.4 Å². The lowest BCUT2D eigenvalue weighted by molar-refractivity contribution is -0.117. The van der Waals surface area contributed by atoms with Gasteiger partial charge in [0.2, 0.25) is 5.91 Å². The summed E-state index contributed by atoms with van der Waals surface area (Å²) in [7, 11) is 3.49. The highest BCUT2D eigenvalue weighted by Gasteiger charge is 2.30. The number of anilines is 1. The quantitative estimate of drug-likeness (QED) is 0.795. The summed E-state index contributed by atoms with van der Waals surface area (Å²) in [4.78, 5) is 23.4. The van der Waals surface area contributed by atoms with Gasteiger partial charge in [0.05, 0.1) is 5.56 Å². The van der Waals surface area contributed by atoms with Crippen molar-refractivity contribution in [3.8, 4) is 0 Å². The summed E-state index contributed by atoms with van der Waals surface area (Å²) < 4.78 is 0. The van der Waals surface area contributed by atoms with Crippen molar-refractivity contribution in [1.29, 1.82) is 0 Å². The summed E-state index contributed by atoms with van der Waals surface area (Å²) in [6.45, 7) is 0. The molecular formula is C11H15N3O2S. The largest absolute Gasteiger partial charge is 0.317 e. The fourth-order valence-corrected chi connectivity index (χ4v) is 2.20. The second kappa shape index (κ2) is 4.85. The van der Waals surface area contributed by atoms with E-state index in [2.05, 4.69) is 10.7 Å². The predicted molar refractivity (Wildman–Crippen MR) is 66.8 cm³/mol. The molecule has 5 nitrogen and oxygen atoms in total. The molecule has 0 atom stereocenters. The second-order valence-electron chi connectivity index (χ2n) is 4.26. The van der Waals surface area contributed by atoms with Crippen LogP contribution in [0.1, 0.15) is 23.2 Å². The van der Waals surface area contributed by atoms with Crippen molar-refractivity contribution < 1.29 is 9.59 Å². The molecule has 0 saturated heterocycles. The lowest BCUT2D eigenvalue weighted by Crippen LogP contribution is -2.36. The van der Waals surface area contributed by atoms with Crippen molar-refractivity contribution in [2.24, 2.45) is 5.92 Å². The van der Waals surface area contributed by atoms with E-state index in [1.54, 1.807) is 30.6 Å². The van der Waals surface area contributed by atoms with E-state index in [1.807, 2.05) is 0 Å². The Balaban J connectivity index is 2.05. The Morgan fingerprint density at radius 3 is 2.71 bits per heavy atom. The molecule has 17 heavy (non-hydrogen) atoms. The van der Waals surface area contributed by atoms with Crippen molar-refractivity contribution in [2.45, 2.75) is 12.8 Å². The molecular weight excluding hydrogens is 238 g/mol. The van der Waals surface area contributed by atoms with Gasteiger partial charge in [0.1, 0.15) is 5.00 Å². The van der Waals surface area contributed by atoms with E-state index in [1.165, 1.54) is 11.3 Å². The van der Waals surface area contributed by atoms with E-state index >= 15 is 0 Å². The van der Waals surface area contributed by atoms with Gasteiger partial charge in [-0.05, 0) is 24.3 Å². The molecule has 1 aromatic rings. The molecule has 1 aliphatic carbocycles. The maximum Gasteiger partial charge on any atom is 0.268 e. The zero-order valence-electron chi connectivity index (χ0n) is 9.82. The number of nitrogens with zero attached hydrogens (tertiary/aromatic N) is 1. The summed E-state index contributed by atoms with van der Waals surface area (Å²) in [5.74, 6) is -0.0458. The van der Waals surface area contributed by atoms with Crippen LogP contribution in [0.15, 0.2) is 11.4 Å². The van der Waals surface area contributed by atoms with Crippen LogP contribution in [-0.4, -0.2) is 30.9 Å². The van der Waals surface area contributed by atoms with Gasteiger partial charge in [-0.15, -0.1) is 11.3 Å². The second-order valence-corrected chi connectivity index (χ2v) is 5.18. The first-order chi connectivity index (χ1) is 8.08. The third-order valence-corrected chi connectivity index (χ3v) is 3.25. The molecule has 1 aromatic heterocycles. The van der Waals surface area contributed by atoms with Crippen molar-refractivity contribution in [3.05, 3.63) is 17.0 Å². The highest BCUT2D eigenvalue weighted by molar-refractivity contribution is 7.14. The predicted octanol–water partition coefficient (Wildman–Crippen LogP) is 1.30. The minimum atomic E-state index is -0.206. The molecule has 1 aliphatic rings. The van der Waals surface area contributed by atoms with E-state index < -0.39 is 0 Å². The maximum atomic E-state index is 11.8. The van der Waals surface area contributed by atoms with Gasteiger partial charge in [-0.1, -0.05) is 0 Å². The number of carbonyl (C=O) groups is 2. The number of thiophene rings is 1. The van der Waals surface area contributed by atoms with Gasteiger partial charge in [-0.25, -0.2) is 5.01 Å². The van der Waals surface area contributed by atoms with Crippen molar-refractivity contribution in [2.75, 3.05) is 19.4 Å². The molecule has 2 rings (SSSR count). The minimum absolute atomic E-state index is 0.0198. The van der Waals surface area contributed by atoms with Gasteiger partial charge in [-0.2, -0.15) is 0 Å². The number of hydrazine groups is 1. The van der Waals surface area contributed by atoms with Crippen LogP contribution in [0.2, 0.25) is 0 Å². The van der Waals surface area contributed by atoms with Crippen LogP contribution >= 0.6 is 11.3 Å². The number of amides is 2. The lowest BCUT2D eigenvalue weighted by atomic mass is 10.3. The van der Waals surface area contributed by atoms with E-state index in [-0.39, 0.29) is 17.7 Å². The Kier molecular flexibility index (Phi) is 3.44. The summed E-state index contributed by atoms with van der Waals surface area (Å²) in [6, 6.07) is 1.71. The van der Waals surface area contributed by atoms with Gasteiger partial charge in [-0.3, -0.25) is 15.0 Å². The molecule has 0 unspecified atom stereocenters. The Hall–Kier alpha value is -1.40. The lowest BCUT2D eigenvalue weighted by Gasteiger charge is -2.12. The number of rotatable bonds is 4. The Morgan fingerprint density at radius 1 is 1.41 bits per heavy atom. The van der Waals surface area contributed by atoms with Crippen LogP contribution in [-0.2, 0) is 4.79 Å².